The molecule has 172 valence electrons. The molecule has 3 N–H and O–H groups in total. The number of fused-ring (bicyclic) bond motifs is 1. The van der Waals surface area contributed by atoms with Crippen molar-refractivity contribution >= 4 is 36.1 Å². The highest BCUT2D eigenvalue weighted by molar-refractivity contribution is 7.50. The fraction of sp³-hybridized carbons (Fsp3) is 0.278. The zero-order chi connectivity index (χ0) is 23.8. The molecule has 2 heterocycles. The number of ether oxygens (including phenoxy) is 1. The number of nitrogens with zero attached hydrogens (tertiary/aromatic N) is 3. The summed E-state index contributed by atoms with van der Waals surface area (Å²) in [6.45, 7) is 1.62. The largest absolute Gasteiger partial charge is 0.461 e. The van der Waals surface area contributed by atoms with Gasteiger partial charge in [-0.3, -0.25) is 9.36 Å². The molecule has 0 aliphatic rings. The van der Waals surface area contributed by atoms with Crippen LogP contribution in [0.25, 0.3) is 10.9 Å². The second-order valence-electron chi connectivity index (χ2n) is 6.75. The normalized spacial score (nSPS) is 12.2. The molecule has 0 fully saturated rings. The van der Waals surface area contributed by atoms with Crippen LogP contribution >= 0.6 is 7.60 Å². The minimum Gasteiger partial charge on any atom is -0.461 e. The first-order chi connectivity index (χ1) is 14.8. The Morgan fingerprint density at radius 2 is 1.97 bits per heavy atom. The van der Waals surface area contributed by atoms with E-state index in [9.17, 15) is 37.1 Å². The number of hydrogen-bond donors (Lipinski definition) is 3. The molecular formula is C18H18F3N4O6P. The summed E-state index contributed by atoms with van der Waals surface area (Å²) in [7, 11) is -3.42. The standard InChI is InChI=1S/C18H18F3N4O6P/c1-3-31-16(27)12-8-25(9-32(28,29)30)17(23-12)22-10-4-5-11-13(6-10)24(2)15(7-14(11)26)18(19,20)21/h4-8H,3,9H2,1-2H3,(H,22,23)(H2,28,29,30). The molecule has 3 aromatic rings. The maximum Gasteiger partial charge on any atom is 0.431 e. The van der Waals surface area contributed by atoms with Gasteiger partial charge in [-0.25, -0.2) is 9.78 Å². The number of anilines is 2. The summed E-state index contributed by atoms with van der Waals surface area (Å²) in [6, 6.07) is 4.46. The van der Waals surface area contributed by atoms with Gasteiger partial charge < -0.3 is 29.0 Å². The first kappa shape index (κ1) is 23.5. The Labute approximate surface area is 178 Å². The van der Waals surface area contributed by atoms with Gasteiger partial charge in [0.25, 0.3) is 0 Å². The van der Waals surface area contributed by atoms with E-state index in [0.717, 1.165) is 22.4 Å². The van der Waals surface area contributed by atoms with Crippen LogP contribution < -0.4 is 10.7 Å². The van der Waals surface area contributed by atoms with Gasteiger partial charge in [-0.15, -0.1) is 0 Å². The van der Waals surface area contributed by atoms with E-state index in [4.69, 9.17) is 4.74 Å². The van der Waals surface area contributed by atoms with E-state index in [1.54, 1.807) is 6.92 Å². The topological polar surface area (TPSA) is 136 Å². The van der Waals surface area contributed by atoms with Crippen LogP contribution in [-0.4, -0.2) is 36.5 Å². The molecule has 0 atom stereocenters. The van der Waals surface area contributed by atoms with E-state index in [2.05, 4.69) is 10.3 Å². The average molecular weight is 474 g/mol. The highest BCUT2D eigenvalue weighted by Gasteiger charge is 2.34. The maximum atomic E-state index is 13.2. The molecule has 0 bridgehead atoms. The van der Waals surface area contributed by atoms with Crippen LogP contribution in [0.2, 0.25) is 0 Å². The molecule has 0 unspecified atom stereocenters. The first-order valence-electron chi connectivity index (χ1n) is 9.07. The third kappa shape index (κ3) is 5.01. The number of aryl methyl sites for hydroxylation is 1. The lowest BCUT2D eigenvalue weighted by Crippen LogP contribution is -2.19. The van der Waals surface area contributed by atoms with Crippen LogP contribution in [0.15, 0.2) is 35.3 Å². The number of alkyl halides is 3. The van der Waals surface area contributed by atoms with E-state index in [1.807, 2.05) is 0 Å². The van der Waals surface area contributed by atoms with Gasteiger partial charge >= 0.3 is 19.7 Å². The van der Waals surface area contributed by atoms with Gasteiger partial charge in [0.1, 0.15) is 12.0 Å². The van der Waals surface area contributed by atoms with Crippen LogP contribution in [0, 0.1) is 0 Å². The molecule has 32 heavy (non-hydrogen) atoms. The highest BCUT2D eigenvalue weighted by atomic mass is 31.2. The summed E-state index contributed by atoms with van der Waals surface area (Å²) in [5.41, 5.74) is -2.05. The molecule has 0 saturated carbocycles. The predicted octanol–water partition coefficient (Wildman–Crippen LogP) is 2.81. The van der Waals surface area contributed by atoms with Crippen LogP contribution in [-0.2, 0) is 28.8 Å². The Morgan fingerprint density at radius 3 is 2.56 bits per heavy atom. The minimum atomic E-state index is -4.75. The molecule has 3 rings (SSSR count). The van der Waals surface area contributed by atoms with Gasteiger partial charge in [0.2, 0.25) is 5.95 Å². The molecule has 0 saturated heterocycles. The third-order valence-corrected chi connectivity index (χ3v) is 5.07. The van der Waals surface area contributed by atoms with Gasteiger partial charge in [0.15, 0.2) is 11.1 Å². The molecule has 0 amide bonds. The zero-order valence-corrected chi connectivity index (χ0v) is 17.6. The van der Waals surface area contributed by atoms with Gasteiger partial charge in [-0.05, 0) is 25.1 Å². The van der Waals surface area contributed by atoms with Crippen LogP contribution in [0.3, 0.4) is 0 Å². The number of pyridine rings is 1. The fourth-order valence-corrected chi connectivity index (χ4v) is 3.66. The number of aromatic nitrogens is 3. The molecular weight excluding hydrogens is 456 g/mol. The molecule has 10 nitrogen and oxygen atoms in total. The second-order valence-corrected chi connectivity index (χ2v) is 8.37. The van der Waals surface area contributed by atoms with Crippen LogP contribution in [0.4, 0.5) is 24.8 Å². The Morgan fingerprint density at radius 1 is 1.28 bits per heavy atom. The molecule has 14 heteroatoms. The number of benzene rings is 1. The van der Waals surface area contributed by atoms with Gasteiger partial charge in [0.05, 0.1) is 12.1 Å². The molecule has 0 radical (unpaired) electrons. The Bertz CT molecular complexity index is 1290. The van der Waals surface area contributed by atoms with Crippen molar-refractivity contribution in [3.8, 4) is 0 Å². The van der Waals surface area contributed by atoms with Crippen molar-refractivity contribution in [1.29, 1.82) is 0 Å². The van der Waals surface area contributed by atoms with Crippen LogP contribution in [0.5, 0.6) is 0 Å². The summed E-state index contributed by atoms with van der Waals surface area (Å²) < 4.78 is 57.8. The van der Waals surface area contributed by atoms with Crippen molar-refractivity contribution in [3.05, 3.63) is 52.1 Å². The van der Waals surface area contributed by atoms with Gasteiger partial charge in [0, 0.05) is 30.4 Å². The Balaban J connectivity index is 2.08. The van der Waals surface area contributed by atoms with Crippen molar-refractivity contribution < 1.29 is 37.1 Å². The molecule has 0 aliphatic heterocycles. The number of rotatable bonds is 6. The van der Waals surface area contributed by atoms with Gasteiger partial charge in [-0.2, -0.15) is 13.2 Å². The zero-order valence-electron chi connectivity index (χ0n) is 16.8. The van der Waals surface area contributed by atoms with E-state index < -0.39 is 37.1 Å². The summed E-state index contributed by atoms with van der Waals surface area (Å²) in [5, 5.41) is 2.75. The number of hydrogen-bond acceptors (Lipinski definition) is 6. The van der Waals surface area contributed by atoms with E-state index >= 15 is 0 Å². The second kappa shape index (κ2) is 8.41. The van der Waals surface area contributed by atoms with E-state index in [-0.39, 0.29) is 34.8 Å². The molecule has 0 spiro atoms. The number of nitrogens with one attached hydrogen (secondary N) is 1. The highest BCUT2D eigenvalue weighted by Crippen LogP contribution is 2.38. The van der Waals surface area contributed by atoms with Crippen molar-refractivity contribution in [1.82, 2.24) is 14.1 Å². The Kier molecular flexibility index (Phi) is 6.18. The average Bonchev–Trinajstić information content (AvgIpc) is 3.04. The molecule has 1 aromatic carbocycles. The lowest BCUT2D eigenvalue weighted by Gasteiger charge is -2.16. The third-order valence-electron chi connectivity index (χ3n) is 4.40. The maximum absolute atomic E-state index is 13.2. The Hall–Kier alpha value is -3.15. The first-order valence-corrected chi connectivity index (χ1v) is 10.9. The number of carbonyl (C=O) groups excluding carboxylic acids is 1. The number of esters is 1. The van der Waals surface area contributed by atoms with Gasteiger partial charge in [-0.1, -0.05) is 0 Å². The number of imidazole rings is 1. The quantitative estimate of drug-likeness (QED) is 0.367. The minimum absolute atomic E-state index is 0.0338. The lowest BCUT2D eigenvalue weighted by molar-refractivity contribution is -0.143. The monoisotopic (exact) mass is 474 g/mol. The van der Waals surface area contributed by atoms with Crippen molar-refractivity contribution in [2.24, 2.45) is 7.05 Å². The summed E-state index contributed by atoms with van der Waals surface area (Å²) in [5.74, 6) is -0.983. The number of carbonyl (C=O) groups is 1. The predicted molar refractivity (Wildman–Crippen MR) is 108 cm³/mol. The fourth-order valence-electron chi connectivity index (χ4n) is 3.05. The molecule has 2 aromatic heterocycles. The summed E-state index contributed by atoms with van der Waals surface area (Å²) in [6.07, 6.45) is -4.48. The van der Waals surface area contributed by atoms with Crippen LogP contribution in [0.1, 0.15) is 23.1 Å². The smallest absolute Gasteiger partial charge is 0.431 e. The van der Waals surface area contributed by atoms with Crippen molar-refractivity contribution in [2.75, 3.05) is 11.9 Å². The van der Waals surface area contributed by atoms with E-state index in [0.29, 0.717) is 6.07 Å². The van der Waals surface area contributed by atoms with E-state index in [1.165, 1.54) is 18.2 Å². The SMILES string of the molecule is CCOC(=O)c1cn(CP(=O)(O)O)c(Nc2ccc3c(=O)cc(C(F)(F)F)n(C)c3c2)n1. The lowest BCUT2D eigenvalue weighted by atomic mass is 10.1. The van der Waals surface area contributed by atoms with Crippen molar-refractivity contribution in [3.63, 3.8) is 0 Å². The summed E-state index contributed by atoms with van der Waals surface area (Å²) in [4.78, 5) is 46.7. The molecule has 0 aliphatic carbocycles. The van der Waals surface area contributed by atoms with Crippen molar-refractivity contribution in [2.45, 2.75) is 19.4 Å². The number of halogens is 3. The summed E-state index contributed by atoms with van der Waals surface area (Å²) >= 11 is 0.